The summed E-state index contributed by atoms with van der Waals surface area (Å²) in [7, 11) is 0. The molecule has 6 rings (SSSR count). The number of hydrogen-bond donors (Lipinski definition) is 1. The van der Waals surface area contributed by atoms with Gasteiger partial charge in [-0.25, -0.2) is 4.98 Å². The fraction of sp³-hybridized carbons (Fsp3) is 0.143. The summed E-state index contributed by atoms with van der Waals surface area (Å²) in [5.74, 6) is 0.921. The Morgan fingerprint density at radius 2 is 1.93 bits per heavy atom. The van der Waals surface area contributed by atoms with E-state index in [-0.39, 0.29) is 6.10 Å². The van der Waals surface area contributed by atoms with Crippen LogP contribution in [-0.2, 0) is 4.74 Å². The van der Waals surface area contributed by atoms with Gasteiger partial charge in [-0.05, 0) is 36.4 Å². The molecule has 1 saturated heterocycles. The summed E-state index contributed by atoms with van der Waals surface area (Å²) in [6.07, 6.45) is 2.00. The van der Waals surface area contributed by atoms with Crippen molar-refractivity contribution in [1.82, 2.24) is 9.97 Å². The Bertz CT molecular complexity index is 1320. The van der Waals surface area contributed by atoms with Crippen LogP contribution in [0, 0.1) is 0 Å². The van der Waals surface area contributed by atoms with Gasteiger partial charge >= 0.3 is 0 Å². The van der Waals surface area contributed by atoms with Crippen molar-refractivity contribution in [2.75, 3.05) is 18.5 Å². The number of aromatic nitrogens is 2. The third kappa shape index (κ3) is 2.71. The summed E-state index contributed by atoms with van der Waals surface area (Å²) >= 11 is 3.34. The molecule has 1 aliphatic rings. The van der Waals surface area contributed by atoms with E-state index < -0.39 is 0 Å². The number of rotatable bonds is 4. The van der Waals surface area contributed by atoms with Gasteiger partial charge in [0.15, 0.2) is 0 Å². The van der Waals surface area contributed by atoms with Crippen LogP contribution in [-0.4, -0.2) is 29.3 Å². The van der Waals surface area contributed by atoms with E-state index in [1.807, 2.05) is 17.8 Å². The highest BCUT2D eigenvalue weighted by Gasteiger charge is 2.21. The molecule has 0 amide bonds. The van der Waals surface area contributed by atoms with Crippen molar-refractivity contribution in [3.8, 4) is 5.75 Å². The molecule has 28 heavy (non-hydrogen) atoms. The first-order chi connectivity index (χ1) is 13.8. The van der Waals surface area contributed by atoms with Gasteiger partial charge in [-0.15, -0.1) is 22.7 Å². The van der Waals surface area contributed by atoms with Crippen LogP contribution in [0.1, 0.15) is 0 Å². The molecule has 5 aromatic rings. The predicted molar refractivity (Wildman–Crippen MR) is 115 cm³/mol. The van der Waals surface area contributed by atoms with E-state index >= 15 is 0 Å². The molecular formula is C21H15N3O2S2. The molecular weight excluding hydrogens is 390 g/mol. The first-order valence-electron chi connectivity index (χ1n) is 8.98. The van der Waals surface area contributed by atoms with E-state index in [4.69, 9.17) is 9.47 Å². The predicted octanol–water partition coefficient (Wildman–Crippen LogP) is 5.58. The standard InChI is InChI=1S/C21H15N3O2S2/c1-2-20-18(23-11-28-20)5-12(1)24-16-3-4-22-17-6-15-19(26-13-8-25-9-13)10-27-21(15)7-14(16)17/h1-7,10-11,13H,8-9H2,(H,22,24). The van der Waals surface area contributed by atoms with Crippen LogP contribution in [0.25, 0.3) is 31.2 Å². The first kappa shape index (κ1) is 16.2. The maximum Gasteiger partial charge on any atom is 0.145 e. The third-order valence-electron chi connectivity index (χ3n) is 4.91. The number of hydrogen-bond acceptors (Lipinski definition) is 7. The number of benzene rings is 2. The van der Waals surface area contributed by atoms with E-state index in [1.165, 1.54) is 9.40 Å². The Morgan fingerprint density at radius 1 is 0.964 bits per heavy atom. The molecule has 0 atom stereocenters. The number of thiophene rings is 1. The van der Waals surface area contributed by atoms with Crippen molar-refractivity contribution < 1.29 is 9.47 Å². The largest absolute Gasteiger partial charge is 0.484 e. The zero-order valence-electron chi connectivity index (χ0n) is 14.7. The second-order valence-electron chi connectivity index (χ2n) is 6.76. The summed E-state index contributed by atoms with van der Waals surface area (Å²) in [4.78, 5) is 8.99. The fourth-order valence-corrected chi connectivity index (χ4v) is 4.94. The second-order valence-corrected chi connectivity index (χ2v) is 8.56. The smallest absolute Gasteiger partial charge is 0.145 e. The summed E-state index contributed by atoms with van der Waals surface area (Å²) in [5.41, 5.74) is 5.88. The molecule has 0 spiro atoms. The highest BCUT2D eigenvalue weighted by molar-refractivity contribution is 7.17. The summed E-state index contributed by atoms with van der Waals surface area (Å²) in [6, 6.07) is 12.6. The van der Waals surface area contributed by atoms with Gasteiger partial charge in [0.25, 0.3) is 0 Å². The SMILES string of the molecule is c1cc(Nc2ccc3scnc3c2)c2cc3scc(OC4COC4)c3cc2n1. The van der Waals surface area contributed by atoms with Crippen LogP contribution in [0.2, 0.25) is 0 Å². The van der Waals surface area contributed by atoms with Crippen molar-refractivity contribution in [3.63, 3.8) is 0 Å². The number of nitrogens with zero attached hydrogens (tertiary/aromatic N) is 2. The molecule has 2 aromatic carbocycles. The normalized spacial score (nSPS) is 14.6. The van der Waals surface area contributed by atoms with E-state index in [0.717, 1.165) is 38.9 Å². The number of anilines is 2. The molecule has 0 radical (unpaired) electrons. The lowest BCUT2D eigenvalue weighted by Crippen LogP contribution is -2.38. The van der Waals surface area contributed by atoms with E-state index in [9.17, 15) is 0 Å². The van der Waals surface area contributed by atoms with E-state index in [2.05, 4.69) is 51.0 Å². The lowest BCUT2D eigenvalue weighted by molar-refractivity contribution is -0.0789. The maximum absolute atomic E-state index is 6.05. The Hall–Kier alpha value is -2.74. The van der Waals surface area contributed by atoms with Crippen LogP contribution in [0.5, 0.6) is 5.75 Å². The average Bonchev–Trinajstić information content (AvgIpc) is 3.29. The number of thiazole rings is 1. The van der Waals surface area contributed by atoms with Gasteiger partial charge in [-0.3, -0.25) is 4.98 Å². The topological polar surface area (TPSA) is 56.3 Å². The summed E-state index contributed by atoms with van der Waals surface area (Å²) in [5, 5.41) is 7.81. The van der Waals surface area contributed by atoms with Crippen LogP contribution >= 0.6 is 22.7 Å². The molecule has 0 bridgehead atoms. The van der Waals surface area contributed by atoms with Crippen LogP contribution < -0.4 is 10.1 Å². The molecule has 1 N–H and O–H groups in total. The Labute approximate surface area is 168 Å². The van der Waals surface area contributed by atoms with Crippen molar-refractivity contribution in [2.24, 2.45) is 0 Å². The molecule has 4 heterocycles. The Balaban J connectivity index is 1.41. The van der Waals surface area contributed by atoms with E-state index in [1.54, 1.807) is 22.7 Å². The fourth-order valence-electron chi connectivity index (χ4n) is 3.40. The van der Waals surface area contributed by atoms with E-state index in [0.29, 0.717) is 13.2 Å². The van der Waals surface area contributed by atoms with Crippen molar-refractivity contribution >= 4 is 65.3 Å². The Morgan fingerprint density at radius 3 is 2.82 bits per heavy atom. The molecule has 138 valence electrons. The summed E-state index contributed by atoms with van der Waals surface area (Å²) < 4.78 is 13.6. The van der Waals surface area contributed by atoms with Gasteiger partial charge in [0.2, 0.25) is 0 Å². The number of pyridine rings is 1. The quantitative estimate of drug-likeness (QED) is 0.423. The number of ether oxygens (including phenoxy) is 2. The van der Waals surface area contributed by atoms with Crippen molar-refractivity contribution in [1.29, 1.82) is 0 Å². The molecule has 0 aliphatic carbocycles. The van der Waals surface area contributed by atoms with Crippen molar-refractivity contribution in [2.45, 2.75) is 6.10 Å². The molecule has 0 saturated carbocycles. The number of fused-ring (bicyclic) bond motifs is 3. The van der Waals surface area contributed by atoms with Gasteiger partial charge in [0, 0.05) is 38.4 Å². The van der Waals surface area contributed by atoms with Crippen LogP contribution in [0.15, 0.2) is 53.5 Å². The van der Waals surface area contributed by atoms with Crippen LogP contribution in [0.4, 0.5) is 11.4 Å². The zero-order chi connectivity index (χ0) is 18.5. The molecule has 5 nitrogen and oxygen atoms in total. The minimum absolute atomic E-state index is 0.162. The number of nitrogens with one attached hydrogen (secondary N) is 1. The molecule has 7 heteroatoms. The average molecular weight is 406 g/mol. The second kappa shape index (κ2) is 6.41. The van der Waals surface area contributed by atoms with Gasteiger partial charge in [-0.1, -0.05) is 0 Å². The Kier molecular flexibility index (Phi) is 3.72. The monoisotopic (exact) mass is 405 g/mol. The highest BCUT2D eigenvalue weighted by atomic mass is 32.1. The van der Waals surface area contributed by atoms with Gasteiger partial charge in [0.1, 0.15) is 11.9 Å². The van der Waals surface area contributed by atoms with Gasteiger partial charge in [0.05, 0.1) is 34.5 Å². The first-order valence-corrected chi connectivity index (χ1v) is 10.7. The minimum atomic E-state index is 0.162. The maximum atomic E-state index is 6.05. The minimum Gasteiger partial charge on any atom is -0.484 e. The van der Waals surface area contributed by atoms with Gasteiger partial charge in [-0.2, -0.15) is 0 Å². The zero-order valence-corrected chi connectivity index (χ0v) is 16.3. The molecule has 3 aromatic heterocycles. The third-order valence-corrected chi connectivity index (χ3v) is 6.65. The van der Waals surface area contributed by atoms with Crippen molar-refractivity contribution in [3.05, 3.63) is 53.5 Å². The molecule has 1 fully saturated rings. The van der Waals surface area contributed by atoms with Gasteiger partial charge < -0.3 is 14.8 Å². The van der Waals surface area contributed by atoms with Crippen LogP contribution in [0.3, 0.4) is 0 Å². The highest BCUT2D eigenvalue weighted by Crippen LogP contribution is 2.38. The summed E-state index contributed by atoms with van der Waals surface area (Å²) in [6.45, 7) is 1.33. The lowest BCUT2D eigenvalue weighted by Gasteiger charge is -2.26. The molecule has 0 unspecified atom stereocenters. The molecule has 1 aliphatic heterocycles. The lowest BCUT2D eigenvalue weighted by atomic mass is 10.1.